The third kappa shape index (κ3) is 5.19. The Bertz CT molecular complexity index is 1640. The molecule has 3 aliphatic rings. The molecule has 6 rings (SSSR count). The van der Waals surface area contributed by atoms with E-state index < -0.39 is 54.0 Å². The number of nitrogens with zero attached hydrogens (tertiary/aromatic N) is 3. The minimum Gasteiger partial charge on any atom is -0.394 e. The summed E-state index contributed by atoms with van der Waals surface area (Å²) >= 11 is 10.4. The maximum absolute atomic E-state index is 15.0. The van der Waals surface area contributed by atoms with Gasteiger partial charge in [0.2, 0.25) is 11.8 Å². The summed E-state index contributed by atoms with van der Waals surface area (Å²) < 4.78 is 6.78. The molecule has 0 saturated carbocycles. The first-order valence-electron chi connectivity index (χ1n) is 15.2. The number of alkyl halides is 1. The lowest BCUT2D eigenvalue weighted by Crippen LogP contribution is -2.58. The van der Waals surface area contributed by atoms with Gasteiger partial charge < -0.3 is 24.5 Å². The van der Waals surface area contributed by atoms with Crippen LogP contribution in [0, 0.1) is 11.8 Å². The predicted molar refractivity (Wildman–Crippen MR) is 182 cm³/mol. The van der Waals surface area contributed by atoms with E-state index in [1.165, 1.54) is 9.80 Å². The topological polar surface area (TPSA) is 90.4 Å². The number of ether oxygens (including phenoxy) is 1. The molecular formula is C36H35BrClN3O5. The summed E-state index contributed by atoms with van der Waals surface area (Å²) in [6.45, 7) is 7.62. The van der Waals surface area contributed by atoms with Gasteiger partial charge >= 0.3 is 0 Å². The second kappa shape index (κ2) is 13.2. The minimum atomic E-state index is -1.35. The predicted octanol–water partition coefficient (Wildman–Crippen LogP) is 5.56. The molecule has 3 amide bonds. The molecule has 3 fully saturated rings. The van der Waals surface area contributed by atoms with Crippen molar-refractivity contribution >= 4 is 56.6 Å². The van der Waals surface area contributed by atoms with Crippen molar-refractivity contribution < 1.29 is 24.2 Å². The first-order valence-corrected chi connectivity index (χ1v) is 16.5. The molecule has 46 heavy (non-hydrogen) atoms. The van der Waals surface area contributed by atoms with Crippen LogP contribution in [0.15, 0.2) is 110 Å². The van der Waals surface area contributed by atoms with Crippen molar-refractivity contribution in [2.75, 3.05) is 29.5 Å². The average molecular weight is 705 g/mol. The van der Waals surface area contributed by atoms with Gasteiger partial charge in [0.25, 0.3) is 5.91 Å². The Hall–Kier alpha value is -3.76. The van der Waals surface area contributed by atoms with Crippen LogP contribution in [-0.2, 0) is 19.1 Å². The summed E-state index contributed by atoms with van der Waals surface area (Å²) in [5.41, 5.74) is 0.426. The number of aliphatic hydroxyl groups excluding tert-OH is 1. The Morgan fingerprint density at radius 3 is 2.22 bits per heavy atom. The van der Waals surface area contributed by atoms with Gasteiger partial charge in [-0.2, -0.15) is 0 Å². The van der Waals surface area contributed by atoms with Crippen LogP contribution in [0.5, 0.6) is 0 Å². The van der Waals surface area contributed by atoms with E-state index in [0.29, 0.717) is 28.4 Å². The van der Waals surface area contributed by atoms with Gasteiger partial charge in [-0.05, 0) is 36.2 Å². The van der Waals surface area contributed by atoms with Gasteiger partial charge in [-0.3, -0.25) is 14.4 Å². The van der Waals surface area contributed by atoms with Crippen LogP contribution in [0.3, 0.4) is 0 Å². The lowest BCUT2D eigenvalue weighted by Gasteiger charge is -2.39. The van der Waals surface area contributed by atoms with Gasteiger partial charge in [0.1, 0.15) is 11.6 Å². The van der Waals surface area contributed by atoms with Crippen molar-refractivity contribution in [2.45, 2.75) is 35.0 Å². The normalized spacial score (nSPS) is 26.8. The average Bonchev–Trinajstić information content (AvgIpc) is 3.67. The summed E-state index contributed by atoms with van der Waals surface area (Å²) in [6.07, 6.45) is 2.89. The third-order valence-corrected chi connectivity index (χ3v) is 10.5. The summed E-state index contributed by atoms with van der Waals surface area (Å²) in [5.74, 6) is -3.00. The number of carbonyl (C=O) groups is 3. The van der Waals surface area contributed by atoms with Crippen LogP contribution >= 0.6 is 27.5 Å². The number of rotatable bonds is 11. The SMILES string of the molecule is C=CCN(C(=O)[C@H]1[C@H]2C(=O)N([C@H](CO)c3ccccc3)C(C(=O)N(CC=C)c3ccccc3Cl)C23CC(Br)[C@@H]1O3)c1ccccc1. The monoisotopic (exact) mass is 703 g/mol. The maximum atomic E-state index is 15.0. The maximum Gasteiger partial charge on any atom is 0.253 e. The molecule has 7 atom stereocenters. The van der Waals surface area contributed by atoms with Gasteiger partial charge in [0.05, 0.1) is 41.3 Å². The third-order valence-electron chi connectivity index (χ3n) is 9.31. The van der Waals surface area contributed by atoms with Crippen LogP contribution in [-0.4, -0.2) is 70.0 Å². The molecule has 10 heteroatoms. The smallest absolute Gasteiger partial charge is 0.253 e. The lowest BCUT2D eigenvalue weighted by atomic mass is 9.70. The number of benzene rings is 3. The van der Waals surface area contributed by atoms with Crippen LogP contribution in [0.1, 0.15) is 18.0 Å². The standard InChI is InChI=1S/C36H35BrClN3O5/c1-3-19-39(24-15-9-6-10-16-24)33(43)29-30-34(44)41(28(22-42)23-13-7-5-8-14-23)32(36(30)21-25(37)31(29)46-36)35(45)40(20-4-2)27-18-12-11-17-26(27)38/h3-18,25,28-32,42H,1-2,19-22H2/t25?,28-,29+,30+,31+,32?,36?/m1/s1. The Balaban J connectivity index is 1.51. The number of carbonyl (C=O) groups excluding carboxylic acids is 3. The number of para-hydroxylation sites is 2. The molecule has 3 aliphatic heterocycles. The Morgan fingerprint density at radius 1 is 0.978 bits per heavy atom. The van der Waals surface area contributed by atoms with Gasteiger partial charge in [0, 0.05) is 23.6 Å². The van der Waals surface area contributed by atoms with Crippen LogP contribution in [0.2, 0.25) is 5.02 Å². The van der Waals surface area contributed by atoms with E-state index in [-0.39, 0.29) is 23.8 Å². The number of hydrogen-bond donors (Lipinski definition) is 1. The molecule has 3 saturated heterocycles. The van der Waals surface area contributed by atoms with Gasteiger partial charge in [-0.1, -0.05) is 100 Å². The number of likely N-dealkylation sites (tertiary alicyclic amines) is 1. The molecule has 0 radical (unpaired) electrons. The van der Waals surface area contributed by atoms with E-state index in [9.17, 15) is 14.7 Å². The highest BCUT2D eigenvalue weighted by Crippen LogP contribution is 2.61. The van der Waals surface area contributed by atoms with Crippen molar-refractivity contribution in [1.82, 2.24) is 4.90 Å². The van der Waals surface area contributed by atoms with E-state index in [0.717, 1.165) is 0 Å². The highest BCUT2D eigenvalue weighted by molar-refractivity contribution is 9.09. The number of halogens is 2. The van der Waals surface area contributed by atoms with Crippen molar-refractivity contribution in [1.29, 1.82) is 0 Å². The fourth-order valence-corrected chi connectivity index (χ4v) is 8.67. The summed E-state index contributed by atoms with van der Waals surface area (Å²) in [7, 11) is 0. The number of fused-ring (bicyclic) bond motifs is 1. The molecular weight excluding hydrogens is 670 g/mol. The Kier molecular flexibility index (Phi) is 9.21. The minimum absolute atomic E-state index is 0.113. The molecule has 3 heterocycles. The first kappa shape index (κ1) is 32.2. The highest BCUT2D eigenvalue weighted by atomic mass is 79.9. The number of aliphatic hydroxyl groups is 1. The molecule has 1 N–H and O–H groups in total. The highest BCUT2D eigenvalue weighted by Gasteiger charge is 2.77. The van der Waals surface area contributed by atoms with Crippen LogP contribution in [0.25, 0.3) is 0 Å². The summed E-state index contributed by atoms with van der Waals surface area (Å²) in [6, 6.07) is 23.3. The largest absolute Gasteiger partial charge is 0.394 e. The van der Waals surface area contributed by atoms with Crippen LogP contribution < -0.4 is 9.80 Å². The molecule has 0 aromatic heterocycles. The lowest BCUT2D eigenvalue weighted by molar-refractivity contribution is -0.144. The molecule has 8 nitrogen and oxygen atoms in total. The van der Waals surface area contributed by atoms with Crippen LogP contribution in [0.4, 0.5) is 11.4 Å². The quantitative estimate of drug-likeness (QED) is 0.209. The van der Waals surface area contributed by atoms with Gasteiger partial charge in [0.15, 0.2) is 0 Å². The van der Waals surface area contributed by atoms with Gasteiger partial charge in [-0.15, -0.1) is 13.2 Å². The zero-order valence-electron chi connectivity index (χ0n) is 25.1. The number of anilines is 2. The fraction of sp³-hybridized carbons (Fsp3) is 0.306. The Morgan fingerprint density at radius 2 is 1.59 bits per heavy atom. The van der Waals surface area contributed by atoms with Crippen molar-refractivity contribution in [3.05, 3.63) is 121 Å². The molecule has 0 aliphatic carbocycles. The second-order valence-corrected chi connectivity index (χ2v) is 13.4. The second-order valence-electron chi connectivity index (χ2n) is 11.8. The molecule has 3 unspecified atom stereocenters. The molecule has 3 aromatic rings. The molecule has 238 valence electrons. The molecule has 1 spiro atoms. The zero-order chi connectivity index (χ0) is 32.6. The van der Waals surface area contributed by atoms with E-state index >= 15 is 4.79 Å². The van der Waals surface area contributed by atoms with E-state index in [1.807, 2.05) is 60.7 Å². The van der Waals surface area contributed by atoms with E-state index in [4.69, 9.17) is 16.3 Å². The van der Waals surface area contributed by atoms with E-state index in [2.05, 4.69) is 29.1 Å². The zero-order valence-corrected chi connectivity index (χ0v) is 27.5. The number of amides is 3. The molecule has 2 bridgehead atoms. The summed E-state index contributed by atoms with van der Waals surface area (Å²) in [4.78, 5) is 48.7. The van der Waals surface area contributed by atoms with Crippen molar-refractivity contribution in [3.8, 4) is 0 Å². The fourth-order valence-electron chi connectivity index (χ4n) is 7.49. The molecule has 3 aromatic carbocycles. The Labute approximate surface area is 282 Å². The van der Waals surface area contributed by atoms with E-state index in [1.54, 1.807) is 41.3 Å². The van der Waals surface area contributed by atoms with Gasteiger partial charge in [-0.25, -0.2) is 0 Å². The number of hydrogen-bond acceptors (Lipinski definition) is 5. The van der Waals surface area contributed by atoms with Crippen molar-refractivity contribution in [3.63, 3.8) is 0 Å². The first-order chi connectivity index (χ1) is 22.3. The van der Waals surface area contributed by atoms with Crippen molar-refractivity contribution in [2.24, 2.45) is 11.8 Å². The summed E-state index contributed by atoms with van der Waals surface area (Å²) in [5, 5.41) is 11.2.